The first kappa shape index (κ1) is 17.4. The lowest BCUT2D eigenvalue weighted by molar-refractivity contribution is -0.122. The number of fused-ring (bicyclic) bond motifs is 1. The normalized spacial score (nSPS) is 27.9. The third-order valence-electron chi connectivity index (χ3n) is 6.75. The second-order valence-electron chi connectivity index (χ2n) is 8.35. The fraction of sp³-hybridized carbons (Fsp3) is 0.381. The topological polar surface area (TPSA) is 106 Å². The van der Waals surface area contributed by atoms with Crippen molar-refractivity contribution in [3.63, 3.8) is 0 Å². The number of carbonyl (C=O) groups excluding carboxylic acids is 2. The van der Waals surface area contributed by atoms with Crippen molar-refractivity contribution in [2.75, 3.05) is 11.9 Å². The van der Waals surface area contributed by atoms with Gasteiger partial charge in [-0.2, -0.15) is 0 Å². The van der Waals surface area contributed by atoms with Gasteiger partial charge in [0.25, 0.3) is 5.91 Å². The molecule has 4 atom stereocenters. The van der Waals surface area contributed by atoms with Crippen molar-refractivity contribution in [2.45, 2.75) is 24.8 Å². The van der Waals surface area contributed by atoms with E-state index in [1.165, 1.54) is 0 Å². The van der Waals surface area contributed by atoms with E-state index in [-0.39, 0.29) is 29.6 Å². The third-order valence-corrected chi connectivity index (χ3v) is 6.75. The smallest absolute Gasteiger partial charge is 0.309 e. The molecule has 3 aromatic rings. The molecule has 2 amide bonds. The first-order valence-electron chi connectivity index (χ1n) is 9.93. The van der Waals surface area contributed by atoms with Crippen LogP contribution in [0.1, 0.15) is 39.6 Å². The van der Waals surface area contributed by atoms with Gasteiger partial charge in [-0.15, -0.1) is 10.2 Å². The molecule has 30 heavy (non-hydrogen) atoms. The van der Waals surface area contributed by atoms with E-state index in [9.17, 15) is 9.59 Å². The van der Waals surface area contributed by atoms with Gasteiger partial charge >= 0.3 is 11.8 Å². The van der Waals surface area contributed by atoms with Crippen molar-refractivity contribution >= 4 is 17.6 Å². The minimum atomic E-state index is -0.890. The van der Waals surface area contributed by atoms with Crippen molar-refractivity contribution in [3.05, 3.63) is 59.2 Å². The molecule has 4 aliphatic rings. The molecule has 2 aliphatic heterocycles. The van der Waals surface area contributed by atoms with Crippen LogP contribution in [0.5, 0.6) is 0 Å². The Morgan fingerprint density at radius 1 is 1.20 bits per heavy atom. The molecule has 0 saturated heterocycles. The molecule has 2 saturated carbocycles. The average molecular weight is 404 g/mol. The molecule has 0 radical (unpaired) electrons. The maximum Gasteiger partial charge on any atom is 0.309 e. The van der Waals surface area contributed by atoms with E-state index in [4.69, 9.17) is 4.42 Å². The lowest BCUT2D eigenvalue weighted by Crippen LogP contribution is -2.54. The van der Waals surface area contributed by atoms with Gasteiger partial charge in [0.15, 0.2) is 0 Å². The Labute approximate surface area is 172 Å². The van der Waals surface area contributed by atoms with E-state index in [0.29, 0.717) is 12.3 Å². The largest absolute Gasteiger partial charge is 0.417 e. The van der Waals surface area contributed by atoms with E-state index in [2.05, 4.69) is 20.5 Å². The summed E-state index contributed by atoms with van der Waals surface area (Å²) in [7, 11) is 3.64. The number of nitrogens with one attached hydrogen (secondary N) is 1. The molecule has 2 bridgehead atoms. The minimum absolute atomic E-state index is 0.0821. The minimum Gasteiger partial charge on any atom is -0.417 e. The molecule has 2 aromatic heterocycles. The highest BCUT2D eigenvalue weighted by atomic mass is 16.4. The molecule has 2 fully saturated rings. The summed E-state index contributed by atoms with van der Waals surface area (Å²) < 4.78 is 7.49. The number of amides is 2. The number of hydrogen-bond donors (Lipinski definition) is 1. The molecule has 1 N–H and O–H groups in total. The number of aryl methyl sites for hydroxylation is 1. The molecule has 9 nitrogen and oxygen atoms in total. The predicted octanol–water partition coefficient (Wildman–Crippen LogP) is 1.19. The van der Waals surface area contributed by atoms with Crippen LogP contribution in [-0.4, -0.2) is 44.1 Å². The lowest BCUT2D eigenvalue weighted by atomic mass is 9.95. The first-order chi connectivity index (χ1) is 14.4. The van der Waals surface area contributed by atoms with Crippen molar-refractivity contribution in [1.29, 1.82) is 0 Å². The zero-order chi connectivity index (χ0) is 20.8. The van der Waals surface area contributed by atoms with Crippen LogP contribution in [0.15, 0.2) is 34.7 Å². The van der Waals surface area contributed by atoms with Crippen LogP contribution in [0.4, 0.5) is 5.82 Å². The number of hydrogen-bond acceptors (Lipinski definition) is 6. The Morgan fingerprint density at radius 2 is 1.93 bits per heavy atom. The summed E-state index contributed by atoms with van der Waals surface area (Å²) in [5.41, 5.74) is 1.07. The van der Waals surface area contributed by atoms with Crippen LogP contribution in [0.2, 0.25) is 0 Å². The van der Waals surface area contributed by atoms with Crippen molar-refractivity contribution in [1.82, 2.24) is 25.1 Å². The van der Waals surface area contributed by atoms with Gasteiger partial charge in [0.1, 0.15) is 17.2 Å². The number of rotatable bonds is 4. The van der Waals surface area contributed by atoms with Crippen LogP contribution < -0.4 is 10.2 Å². The van der Waals surface area contributed by atoms with Crippen molar-refractivity contribution in [3.8, 4) is 0 Å². The van der Waals surface area contributed by atoms with Gasteiger partial charge in [-0.25, -0.2) is 4.98 Å². The van der Waals surface area contributed by atoms with Crippen LogP contribution in [0.25, 0.3) is 0 Å². The van der Waals surface area contributed by atoms with E-state index < -0.39 is 11.4 Å². The van der Waals surface area contributed by atoms with Gasteiger partial charge in [0.05, 0.1) is 12.1 Å². The van der Waals surface area contributed by atoms with E-state index >= 15 is 0 Å². The van der Waals surface area contributed by atoms with Crippen LogP contribution in [-0.2, 0) is 18.3 Å². The second kappa shape index (κ2) is 5.56. The maximum atomic E-state index is 13.3. The zero-order valence-corrected chi connectivity index (χ0v) is 16.8. The van der Waals surface area contributed by atoms with Crippen molar-refractivity contribution < 1.29 is 14.0 Å². The molecule has 0 spiro atoms. The number of anilines is 1. The molecule has 1 aromatic carbocycles. The second-order valence-corrected chi connectivity index (χ2v) is 8.35. The van der Waals surface area contributed by atoms with E-state index in [0.717, 1.165) is 22.9 Å². The summed E-state index contributed by atoms with van der Waals surface area (Å²) in [6.45, 7) is 1.93. The van der Waals surface area contributed by atoms with Gasteiger partial charge in [0, 0.05) is 31.8 Å². The standard InChI is InChI=1S/C21H20N6O3/c1-10-22-16-13-14-15(13)21(14,20(29)27(3)19(16)26(10)2)23-17(28)18-25-24-12(30-18)9-11-7-5-4-6-8-11/h4-8,13-15H,9H2,1-3H3,(H,23,28)/t13-,14+,15?,21+/m0/s1. The van der Waals surface area contributed by atoms with Crippen molar-refractivity contribution in [2.24, 2.45) is 18.9 Å². The Hall–Kier alpha value is -3.49. The van der Waals surface area contributed by atoms with E-state index in [1.807, 2.05) is 48.9 Å². The van der Waals surface area contributed by atoms with Gasteiger partial charge in [-0.1, -0.05) is 30.3 Å². The third kappa shape index (κ3) is 2.09. The number of imidazole rings is 1. The molecule has 9 heteroatoms. The molecule has 152 valence electrons. The molecule has 7 rings (SSSR count). The van der Waals surface area contributed by atoms with Gasteiger partial charge in [-0.3, -0.25) is 14.5 Å². The predicted molar refractivity (Wildman–Crippen MR) is 105 cm³/mol. The van der Waals surface area contributed by atoms with Gasteiger partial charge in [0.2, 0.25) is 5.89 Å². The van der Waals surface area contributed by atoms with Crippen LogP contribution in [0, 0.1) is 18.8 Å². The monoisotopic (exact) mass is 404 g/mol. The quantitative estimate of drug-likeness (QED) is 0.700. The maximum absolute atomic E-state index is 13.3. The van der Waals surface area contributed by atoms with Crippen LogP contribution >= 0.6 is 0 Å². The highest BCUT2D eigenvalue weighted by Gasteiger charge is 2.90. The van der Waals surface area contributed by atoms with Gasteiger partial charge < -0.3 is 14.3 Å². The summed E-state index contributed by atoms with van der Waals surface area (Å²) in [5, 5.41) is 10.8. The Morgan fingerprint density at radius 3 is 2.67 bits per heavy atom. The molecule has 1 unspecified atom stereocenters. The zero-order valence-electron chi connectivity index (χ0n) is 16.8. The average Bonchev–Trinajstić information content (AvgIpc) is 3.55. The Bertz CT molecular complexity index is 1200. The fourth-order valence-corrected chi connectivity index (χ4v) is 5.09. The Kier molecular flexibility index (Phi) is 3.22. The number of benzene rings is 1. The number of carbonyl (C=O) groups is 2. The molecular weight excluding hydrogens is 384 g/mol. The number of aromatic nitrogens is 4. The summed E-state index contributed by atoms with van der Waals surface area (Å²) in [6.07, 6.45) is 0.446. The SMILES string of the molecule is Cc1nc2c(n1C)N(C)C(=O)[C@]1(NC(=O)c3nnc(Cc4ccccc4)o3)C3[C@@H]2[C@H]31. The van der Waals surface area contributed by atoms with E-state index in [1.54, 1.807) is 11.9 Å². The molecular formula is C21H20N6O3. The summed E-state index contributed by atoms with van der Waals surface area (Å²) in [4.78, 5) is 32.4. The molecule has 4 heterocycles. The number of nitrogens with zero attached hydrogens (tertiary/aromatic N) is 5. The Balaban J connectivity index is 1.23. The summed E-state index contributed by atoms with van der Waals surface area (Å²) in [5.74, 6) is 1.68. The van der Waals surface area contributed by atoms with Gasteiger partial charge in [-0.05, 0) is 12.5 Å². The highest BCUT2D eigenvalue weighted by molar-refractivity contribution is 6.10. The lowest BCUT2D eigenvalue weighted by Gasteiger charge is -2.26. The van der Waals surface area contributed by atoms with Crippen LogP contribution in [0.3, 0.4) is 0 Å². The summed E-state index contributed by atoms with van der Waals surface area (Å²) in [6, 6.07) is 9.69. The number of likely N-dealkylation sites (N-methyl/N-ethyl adjacent to an activating group) is 1. The first-order valence-corrected chi connectivity index (χ1v) is 9.93. The fourth-order valence-electron chi connectivity index (χ4n) is 5.09. The molecule has 2 aliphatic carbocycles. The highest BCUT2D eigenvalue weighted by Crippen LogP contribution is 2.82. The summed E-state index contributed by atoms with van der Waals surface area (Å²) >= 11 is 0.